The summed E-state index contributed by atoms with van der Waals surface area (Å²) in [6.07, 6.45) is 11.4. The summed E-state index contributed by atoms with van der Waals surface area (Å²) in [4.78, 5) is 27.1. The number of carbonyl (C=O) groups excluding carboxylic acids is 1. The third-order valence-electron chi connectivity index (χ3n) is 4.45. The highest BCUT2D eigenvalue weighted by Crippen LogP contribution is 2.20. The van der Waals surface area contributed by atoms with Crippen LogP contribution >= 0.6 is 0 Å². The molecule has 0 unspecified atom stereocenters. The summed E-state index contributed by atoms with van der Waals surface area (Å²) in [5.74, 6) is 0.984. The van der Waals surface area contributed by atoms with Crippen LogP contribution in [-0.4, -0.2) is 50.0 Å². The fourth-order valence-electron chi connectivity index (χ4n) is 3.12. The number of fused-ring (bicyclic) bond motifs is 1. The number of carbonyl (C=O) groups is 1. The van der Waals surface area contributed by atoms with Gasteiger partial charge in [0.1, 0.15) is 12.1 Å². The molecule has 0 saturated heterocycles. The Morgan fingerprint density at radius 2 is 2.12 bits per heavy atom. The van der Waals surface area contributed by atoms with Crippen LogP contribution in [-0.2, 0) is 24.2 Å². The predicted octanol–water partition coefficient (Wildman–Crippen LogP) is 2.07. The van der Waals surface area contributed by atoms with Gasteiger partial charge in [-0.25, -0.2) is 15.0 Å². The maximum Gasteiger partial charge on any atom is 0.246 e. The normalized spacial score (nSPS) is 13.7. The summed E-state index contributed by atoms with van der Waals surface area (Å²) in [5.41, 5.74) is 3.21. The van der Waals surface area contributed by atoms with Gasteiger partial charge in [0.05, 0.1) is 12.0 Å². The number of nitrogens with zero attached hydrogens (tertiary/aromatic N) is 5. The van der Waals surface area contributed by atoms with Crippen molar-refractivity contribution in [3.05, 3.63) is 48.0 Å². The number of amides is 1. The van der Waals surface area contributed by atoms with E-state index in [-0.39, 0.29) is 5.91 Å². The molecule has 2 aromatic rings. The van der Waals surface area contributed by atoms with E-state index >= 15 is 0 Å². The molecule has 26 heavy (non-hydrogen) atoms. The van der Waals surface area contributed by atoms with Crippen molar-refractivity contribution in [2.45, 2.75) is 39.7 Å². The quantitative estimate of drug-likeness (QED) is 0.635. The SMILES string of the molecule is CC(C)=CC(=O)N1CCc2ncnc(NCCCn3ccnc3)c2CC1. The number of anilines is 1. The van der Waals surface area contributed by atoms with Gasteiger partial charge in [-0.2, -0.15) is 0 Å². The monoisotopic (exact) mass is 354 g/mol. The second-order valence-corrected chi connectivity index (χ2v) is 6.78. The second-order valence-electron chi connectivity index (χ2n) is 6.78. The zero-order valence-electron chi connectivity index (χ0n) is 15.5. The van der Waals surface area contributed by atoms with E-state index in [9.17, 15) is 4.79 Å². The molecule has 138 valence electrons. The van der Waals surface area contributed by atoms with E-state index in [2.05, 4.69) is 24.8 Å². The Balaban J connectivity index is 1.60. The topological polar surface area (TPSA) is 75.9 Å². The lowest BCUT2D eigenvalue weighted by molar-refractivity contribution is -0.125. The zero-order chi connectivity index (χ0) is 18.4. The second kappa shape index (κ2) is 8.60. The van der Waals surface area contributed by atoms with Gasteiger partial charge in [0.2, 0.25) is 5.91 Å². The lowest BCUT2D eigenvalue weighted by Gasteiger charge is -2.18. The van der Waals surface area contributed by atoms with E-state index in [0.29, 0.717) is 13.1 Å². The highest BCUT2D eigenvalue weighted by atomic mass is 16.2. The van der Waals surface area contributed by atoms with Crippen molar-refractivity contribution >= 4 is 11.7 Å². The van der Waals surface area contributed by atoms with Crippen LogP contribution < -0.4 is 5.32 Å². The predicted molar refractivity (Wildman–Crippen MR) is 101 cm³/mol. The van der Waals surface area contributed by atoms with Crippen LogP contribution in [0.5, 0.6) is 0 Å². The average molecular weight is 354 g/mol. The van der Waals surface area contributed by atoms with Gasteiger partial charge in [-0.15, -0.1) is 0 Å². The van der Waals surface area contributed by atoms with Gasteiger partial charge in [0.15, 0.2) is 0 Å². The number of hydrogen-bond acceptors (Lipinski definition) is 5. The molecular formula is C19H26N6O. The minimum atomic E-state index is 0.0839. The number of hydrogen-bond donors (Lipinski definition) is 1. The van der Waals surface area contributed by atoms with E-state index in [1.165, 1.54) is 0 Å². The molecule has 0 aromatic carbocycles. The van der Waals surface area contributed by atoms with Gasteiger partial charge in [-0.05, 0) is 26.7 Å². The van der Waals surface area contributed by atoms with Gasteiger partial charge < -0.3 is 14.8 Å². The van der Waals surface area contributed by atoms with Gasteiger partial charge in [0.25, 0.3) is 0 Å². The Morgan fingerprint density at radius 1 is 1.27 bits per heavy atom. The van der Waals surface area contributed by atoms with Crippen LogP contribution in [0, 0.1) is 0 Å². The van der Waals surface area contributed by atoms with Crippen LogP contribution in [0.2, 0.25) is 0 Å². The summed E-state index contributed by atoms with van der Waals surface area (Å²) in [6, 6.07) is 0. The molecule has 2 aromatic heterocycles. The Kier molecular flexibility index (Phi) is 5.99. The van der Waals surface area contributed by atoms with Crippen molar-refractivity contribution in [1.29, 1.82) is 0 Å². The summed E-state index contributed by atoms with van der Waals surface area (Å²) in [7, 11) is 0. The number of nitrogens with one attached hydrogen (secondary N) is 1. The standard InChI is InChI=1S/C19H26N6O/c1-15(2)12-18(26)25-9-4-16-17(5-10-25)22-13-23-19(16)21-6-3-8-24-11-7-20-14-24/h7,11-14H,3-6,8-10H2,1-2H3,(H,21,22,23). The molecule has 7 nitrogen and oxygen atoms in total. The maximum atomic E-state index is 12.3. The highest BCUT2D eigenvalue weighted by Gasteiger charge is 2.20. The van der Waals surface area contributed by atoms with Crippen LogP contribution in [0.1, 0.15) is 31.5 Å². The zero-order valence-corrected chi connectivity index (χ0v) is 15.5. The Morgan fingerprint density at radius 3 is 2.88 bits per heavy atom. The van der Waals surface area contributed by atoms with Crippen LogP contribution in [0.15, 0.2) is 36.7 Å². The number of aryl methyl sites for hydroxylation is 1. The molecular weight excluding hydrogens is 328 g/mol. The Labute approximate surface area is 154 Å². The van der Waals surface area contributed by atoms with E-state index < -0.39 is 0 Å². The fourth-order valence-corrected chi connectivity index (χ4v) is 3.12. The molecule has 7 heteroatoms. The van der Waals surface area contributed by atoms with E-state index in [1.807, 2.05) is 31.3 Å². The van der Waals surface area contributed by atoms with Crippen molar-refractivity contribution in [2.75, 3.05) is 25.0 Å². The number of allylic oxidation sites excluding steroid dienone is 1. The van der Waals surface area contributed by atoms with Crippen molar-refractivity contribution in [2.24, 2.45) is 0 Å². The molecule has 1 aliphatic rings. The molecule has 1 N–H and O–H groups in total. The summed E-state index contributed by atoms with van der Waals surface area (Å²) in [5, 5.41) is 3.44. The van der Waals surface area contributed by atoms with Crippen molar-refractivity contribution in [3.63, 3.8) is 0 Å². The van der Waals surface area contributed by atoms with Crippen LogP contribution in [0.25, 0.3) is 0 Å². The first-order chi connectivity index (χ1) is 12.6. The van der Waals surface area contributed by atoms with Crippen LogP contribution in [0.4, 0.5) is 5.82 Å². The van der Waals surface area contributed by atoms with Crippen LogP contribution in [0.3, 0.4) is 0 Å². The molecule has 0 atom stereocenters. The largest absolute Gasteiger partial charge is 0.370 e. The van der Waals surface area contributed by atoms with Gasteiger partial charge >= 0.3 is 0 Å². The van der Waals surface area contributed by atoms with Crippen molar-refractivity contribution < 1.29 is 4.79 Å². The lowest BCUT2D eigenvalue weighted by atomic mass is 10.1. The molecule has 0 aliphatic carbocycles. The first-order valence-electron chi connectivity index (χ1n) is 9.09. The number of aromatic nitrogens is 4. The van der Waals surface area contributed by atoms with E-state index in [4.69, 9.17) is 0 Å². The maximum absolute atomic E-state index is 12.3. The number of imidazole rings is 1. The Bertz CT molecular complexity index is 764. The molecule has 1 amide bonds. The highest BCUT2D eigenvalue weighted by molar-refractivity contribution is 5.88. The molecule has 0 saturated carbocycles. The summed E-state index contributed by atoms with van der Waals surface area (Å²) < 4.78 is 2.06. The lowest BCUT2D eigenvalue weighted by Crippen LogP contribution is -2.32. The molecule has 3 heterocycles. The van der Waals surface area contributed by atoms with Crippen molar-refractivity contribution in [3.8, 4) is 0 Å². The summed E-state index contributed by atoms with van der Waals surface area (Å²) >= 11 is 0. The fraction of sp³-hybridized carbons (Fsp3) is 0.474. The molecule has 0 radical (unpaired) electrons. The van der Waals surface area contributed by atoms with Gasteiger partial charge in [-0.3, -0.25) is 4.79 Å². The molecule has 0 fully saturated rings. The van der Waals surface area contributed by atoms with Gasteiger partial charge in [0, 0.05) is 56.6 Å². The smallest absolute Gasteiger partial charge is 0.246 e. The third-order valence-corrected chi connectivity index (χ3v) is 4.45. The molecule has 0 bridgehead atoms. The minimum Gasteiger partial charge on any atom is -0.370 e. The molecule has 0 spiro atoms. The first-order valence-corrected chi connectivity index (χ1v) is 9.09. The number of rotatable bonds is 6. The average Bonchev–Trinajstić information content (AvgIpc) is 3.02. The van der Waals surface area contributed by atoms with Crippen molar-refractivity contribution in [1.82, 2.24) is 24.4 Å². The minimum absolute atomic E-state index is 0.0839. The summed E-state index contributed by atoms with van der Waals surface area (Å²) in [6.45, 7) is 7.05. The Hall–Kier alpha value is -2.70. The molecule has 3 rings (SSSR count). The third kappa shape index (κ3) is 4.68. The van der Waals surface area contributed by atoms with Gasteiger partial charge in [-0.1, -0.05) is 5.57 Å². The molecule has 1 aliphatic heterocycles. The first kappa shape index (κ1) is 18.1. The van der Waals surface area contributed by atoms with E-state index in [0.717, 1.165) is 55.0 Å². The van der Waals surface area contributed by atoms with E-state index in [1.54, 1.807) is 18.6 Å².